The van der Waals surface area contributed by atoms with Gasteiger partial charge in [0.1, 0.15) is 5.82 Å². The molecule has 4 heteroatoms. The molecule has 0 saturated carbocycles. The number of fused-ring (bicyclic) bond motifs is 1. The molecule has 3 heterocycles. The molecule has 4 rings (SSSR count). The van der Waals surface area contributed by atoms with E-state index in [2.05, 4.69) is 53.0 Å². The van der Waals surface area contributed by atoms with E-state index in [1.165, 1.54) is 48.4 Å². The van der Waals surface area contributed by atoms with E-state index in [-0.39, 0.29) is 0 Å². The summed E-state index contributed by atoms with van der Waals surface area (Å²) in [5.41, 5.74) is 5.20. The van der Waals surface area contributed by atoms with Crippen LogP contribution in [0.15, 0.2) is 24.3 Å². The van der Waals surface area contributed by atoms with Crippen LogP contribution in [0, 0.1) is 6.92 Å². The Hall–Kier alpha value is -1.81. The van der Waals surface area contributed by atoms with Crippen LogP contribution in [0.5, 0.6) is 0 Å². The predicted octanol–water partition coefficient (Wildman–Crippen LogP) is 3.70. The van der Waals surface area contributed by atoms with Crippen molar-refractivity contribution in [3.63, 3.8) is 0 Å². The molecule has 122 valence electrons. The van der Waals surface area contributed by atoms with Gasteiger partial charge in [0.15, 0.2) is 0 Å². The first kappa shape index (κ1) is 14.8. The summed E-state index contributed by atoms with van der Waals surface area (Å²) in [5, 5.41) is 8.62. The minimum Gasteiger partial charge on any atom is -0.369 e. The summed E-state index contributed by atoms with van der Waals surface area (Å²) in [4.78, 5) is 2.60. The Bertz CT molecular complexity index is 686. The maximum atomic E-state index is 5.07. The number of piperidine rings is 1. The van der Waals surface area contributed by atoms with Gasteiger partial charge >= 0.3 is 0 Å². The van der Waals surface area contributed by atoms with Crippen LogP contribution in [0.4, 0.5) is 5.82 Å². The average molecular weight is 310 g/mol. The number of rotatable bonds is 3. The lowest BCUT2D eigenvalue weighted by molar-refractivity contribution is 0.153. The van der Waals surface area contributed by atoms with Gasteiger partial charge in [0.25, 0.3) is 0 Å². The Balaban J connectivity index is 1.77. The maximum Gasteiger partial charge on any atom is 0.133 e. The quantitative estimate of drug-likeness (QED) is 0.938. The number of hydrogen-bond donors (Lipinski definition) is 1. The molecular weight excluding hydrogens is 284 g/mol. The predicted molar refractivity (Wildman–Crippen MR) is 94.3 cm³/mol. The Morgan fingerprint density at radius 3 is 2.83 bits per heavy atom. The molecule has 2 aliphatic rings. The Labute approximate surface area is 138 Å². The van der Waals surface area contributed by atoms with Crippen molar-refractivity contribution in [3.8, 4) is 5.69 Å². The summed E-state index contributed by atoms with van der Waals surface area (Å²) in [6, 6.07) is 9.16. The number of nitrogens with one attached hydrogen (secondary N) is 1. The number of anilines is 1. The van der Waals surface area contributed by atoms with Crippen molar-refractivity contribution in [3.05, 3.63) is 41.1 Å². The van der Waals surface area contributed by atoms with Crippen LogP contribution in [0.3, 0.4) is 0 Å². The Morgan fingerprint density at radius 2 is 2.04 bits per heavy atom. The van der Waals surface area contributed by atoms with Crippen molar-refractivity contribution < 1.29 is 0 Å². The molecule has 0 spiro atoms. The fourth-order valence-electron chi connectivity index (χ4n) is 4.02. The zero-order chi connectivity index (χ0) is 15.8. The molecule has 0 aliphatic carbocycles. The third-order valence-electron chi connectivity index (χ3n) is 5.30. The summed E-state index contributed by atoms with van der Waals surface area (Å²) >= 11 is 0. The van der Waals surface area contributed by atoms with Crippen molar-refractivity contribution >= 4 is 5.82 Å². The Morgan fingerprint density at radius 1 is 1.22 bits per heavy atom. The van der Waals surface area contributed by atoms with Gasteiger partial charge in [0, 0.05) is 12.1 Å². The van der Waals surface area contributed by atoms with Gasteiger partial charge in [-0.1, -0.05) is 31.0 Å². The summed E-state index contributed by atoms with van der Waals surface area (Å²) < 4.78 is 2.12. The molecule has 1 saturated heterocycles. The zero-order valence-corrected chi connectivity index (χ0v) is 14.2. The highest BCUT2D eigenvalue weighted by Crippen LogP contribution is 2.37. The number of nitrogens with zero attached hydrogens (tertiary/aromatic N) is 3. The number of hydrogen-bond acceptors (Lipinski definition) is 3. The first-order valence-electron chi connectivity index (χ1n) is 8.94. The lowest BCUT2D eigenvalue weighted by atomic mass is 9.96. The third kappa shape index (κ3) is 2.55. The first-order valence-corrected chi connectivity index (χ1v) is 8.94. The first-order chi connectivity index (χ1) is 11.3. The van der Waals surface area contributed by atoms with E-state index < -0.39 is 0 Å². The van der Waals surface area contributed by atoms with Crippen molar-refractivity contribution in [2.24, 2.45) is 0 Å². The van der Waals surface area contributed by atoms with Crippen molar-refractivity contribution in [1.82, 2.24) is 14.7 Å². The second-order valence-electron chi connectivity index (χ2n) is 6.78. The van der Waals surface area contributed by atoms with Gasteiger partial charge in [-0.15, -0.1) is 0 Å². The number of aromatic nitrogens is 2. The van der Waals surface area contributed by atoms with Crippen LogP contribution < -0.4 is 5.32 Å². The molecule has 0 amide bonds. The molecule has 1 aromatic heterocycles. The molecule has 4 nitrogen and oxygen atoms in total. The van der Waals surface area contributed by atoms with Crippen LogP contribution >= 0.6 is 0 Å². The van der Waals surface area contributed by atoms with E-state index in [1.807, 2.05) is 0 Å². The molecule has 2 aromatic rings. The highest BCUT2D eigenvalue weighted by atomic mass is 15.4. The van der Waals surface area contributed by atoms with Crippen molar-refractivity contribution in [1.29, 1.82) is 0 Å². The lowest BCUT2D eigenvalue weighted by Crippen LogP contribution is -2.33. The van der Waals surface area contributed by atoms with Gasteiger partial charge in [-0.3, -0.25) is 4.90 Å². The lowest BCUT2D eigenvalue weighted by Gasteiger charge is -2.34. The minimum atomic E-state index is 0.495. The third-order valence-corrected chi connectivity index (χ3v) is 5.30. The second-order valence-corrected chi connectivity index (χ2v) is 6.78. The molecule has 0 radical (unpaired) electrons. The Kier molecular flexibility index (Phi) is 3.85. The summed E-state index contributed by atoms with van der Waals surface area (Å²) in [5.74, 6) is 1.21. The fraction of sp³-hybridized carbons (Fsp3) is 0.526. The monoisotopic (exact) mass is 310 g/mol. The van der Waals surface area contributed by atoms with E-state index in [0.29, 0.717) is 6.04 Å². The molecule has 1 fully saturated rings. The topological polar surface area (TPSA) is 33.1 Å². The van der Waals surface area contributed by atoms with Gasteiger partial charge in [0.2, 0.25) is 0 Å². The molecule has 1 aromatic carbocycles. The smallest absolute Gasteiger partial charge is 0.133 e. The number of aryl methyl sites for hydroxylation is 1. The summed E-state index contributed by atoms with van der Waals surface area (Å²) in [7, 11) is 0. The SMILES string of the molecule is CCN1CCCCC1c1nn(-c2ccc(C)cc2)c2c1CCN2. The highest BCUT2D eigenvalue weighted by Gasteiger charge is 2.31. The molecular formula is C19H26N4. The van der Waals surface area contributed by atoms with Crippen LogP contribution in [-0.4, -0.2) is 34.3 Å². The van der Waals surface area contributed by atoms with E-state index in [0.717, 1.165) is 25.2 Å². The molecule has 23 heavy (non-hydrogen) atoms. The molecule has 1 N–H and O–H groups in total. The van der Waals surface area contributed by atoms with Gasteiger partial charge in [0.05, 0.1) is 17.4 Å². The molecule has 0 bridgehead atoms. The van der Waals surface area contributed by atoms with E-state index in [1.54, 1.807) is 0 Å². The average Bonchev–Trinajstić information content (AvgIpc) is 3.18. The highest BCUT2D eigenvalue weighted by molar-refractivity contribution is 5.57. The minimum absolute atomic E-state index is 0.495. The molecule has 2 aliphatic heterocycles. The normalized spacial score (nSPS) is 21.2. The van der Waals surface area contributed by atoms with Crippen LogP contribution in [0.2, 0.25) is 0 Å². The summed E-state index contributed by atoms with van der Waals surface area (Å²) in [6.45, 7) is 7.76. The maximum absolute atomic E-state index is 5.07. The zero-order valence-electron chi connectivity index (χ0n) is 14.2. The standard InChI is InChI=1S/C19H26N4/c1-3-22-13-5-4-6-17(22)18-16-11-12-20-19(16)23(21-18)15-9-7-14(2)8-10-15/h7-10,17,20H,3-6,11-13H2,1-2H3. The van der Waals surface area contributed by atoms with Crippen LogP contribution in [0.25, 0.3) is 5.69 Å². The van der Waals surface area contributed by atoms with Crippen LogP contribution in [-0.2, 0) is 6.42 Å². The summed E-state index contributed by atoms with van der Waals surface area (Å²) in [6.07, 6.45) is 4.99. The molecule has 1 unspecified atom stereocenters. The van der Waals surface area contributed by atoms with E-state index in [9.17, 15) is 0 Å². The van der Waals surface area contributed by atoms with Gasteiger partial charge in [-0.05, 0) is 51.4 Å². The second kappa shape index (κ2) is 6.00. The largest absolute Gasteiger partial charge is 0.369 e. The van der Waals surface area contributed by atoms with Gasteiger partial charge in [-0.25, -0.2) is 4.68 Å². The van der Waals surface area contributed by atoms with Crippen molar-refractivity contribution in [2.75, 3.05) is 25.0 Å². The van der Waals surface area contributed by atoms with Crippen molar-refractivity contribution in [2.45, 2.75) is 45.6 Å². The number of likely N-dealkylation sites (tertiary alicyclic amines) is 1. The molecule has 1 atom stereocenters. The fourth-order valence-corrected chi connectivity index (χ4v) is 4.02. The van der Waals surface area contributed by atoms with Gasteiger partial charge < -0.3 is 5.32 Å². The van der Waals surface area contributed by atoms with E-state index in [4.69, 9.17) is 5.10 Å². The van der Waals surface area contributed by atoms with Gasteiger partial charge in [-0.2, -0.15) is 5.10 Å². The van der Waals surface area contributed by atoms with Crippen LogP contribution in [0.1, 0.15) is 49.0 Å². The number of benzene rings is 1. The van der Waals surface area contributed by atoms with E-state index >= 15 is 0 Å².